The van der Waals surface area contributed by atoms with Gasteiger partial charge < -0.3 is 10.2 Å². The van der Waals surface area contributed by atoms with Gasteiger partial charge >= 0.3 is 0 Å². The first-order valence-corrected chi connectivity index (χ1v) is 8.22. The molecule has 0 aromatic carbocycles. The summed E-state index contributed by atoms with van der Waals surface area (Å²) in [5.74, 6) is 1.82. The van der Waals surface area contributed by atoms with Gasteiger partial charge in [0.2, 0.25) is 0 Å². The number of nitrogens with one attached hydrogen (secondary N) is 1. The largest absolute Gasteiger partial charge is 0.312 e. The lowest BCUT2D eigenvalue weighted by Gasteiger charge is -2.38. The number of likely N-dealkylation sites (N-methyl/N-ethyl adjacent to an activating group) is 1. The summed E-state index contributed by atoms with van der Waals surface area (Å²) in [5, 5.41) is 3.83. The minimum Gasteiger partial charge on any atom is -0.312 e. The van der Waals surface area contributed by atoms with Crippen LogP contribution in [0.1, 0.15) is 40.0 Å². The zero-order valence-electron chi connectivity index (χ0n) is 13.4. The Morgan fingerprint density at radius 1 is 1.05 bits per heavy atom. The van der Waals surface area contributed by atoms with E-state index in [0.29, 0.717) is 6.04 Å². The van der Waals surface area contributed by atoms with Crippen molar-refractivity contribution in [3.8, 4) is 0 Å². The second-order valence-electron chi connectivity index (χ2n) is 7.06. The molecule has 0 spiro atoms. The van der Waals surface area contributed by atoms with Gasteiger partial charge in [0.1, 0.15) is 0 Å². The molecule has 1 aliphatic heterocycles. The monoisotopic (exact) mass is 267 g/mol. The van der Waals surface area contributed by atoms with Gasteiger partial charge in [0.05, 0.1) is 0 Å². The summed E-state index contributed by atoms with van der Waals surface area (Å²) in [4.78, 5) is 5.07. The van der Waals surface area contributed by atoms with Crippen molar-refractivity contribution in [2.45, 2.75) is 52.1 Å². The second kappa shape index (κ2) is 7.05. The maximum absolute atomic E-state index is 3.83. The molecule has 0 aromatic heterocycles. The quantitative estimate of drug-likeness (QED) is 0.841. The number of piperazine rings is 1. The molecular formula is C16H33N3. The van der Waals surface area contributed by atoms with E-state index in [9.17, 15) is 0 Å². The molecule has 2 fully saturated rings. The van der Waals surface area contributed by atoms with Crippen LogP contribution in [0.15, 0.2) is 0 Å². The van der Waals surface area contributed by atoms with E-state index in [4.69, 9.17) is 0 Å². The molecule has 2 aliphatic rings. The van der Waals surface area contributed by atoms with Crippen LogP contribution in [0.4, 0.5) is 0 Å². The highest BCUT2D eigenvalue weighted by atomic mass is 15.3. The lowest BCUT2D eigenvalue weighted by molar-refractivity contribution is 0.113. The Bertz CT molecular complexity index is 261. The molecule has 1 saturated heterocycles. The van der Waals surface area contributed by atoms with E-state index in [-0.39, 0.29) is 0 Å². The smallest absolute Gasteiger partial charge is 0.0193 e. The van der Waals surface area contributed by atoms with Crippen molar-refractivity contribution in [2.75, 3.05) is 39.8 Å². The van der Waals surface area contributed by atoms with E-state index in [2.05, 4.69) is 42.9 Å². The lowest BCUT2D eigenvalue weighted by Crippen LogP contribution is -2.52. The van der Waals surface area contributed by atoms with Crippen molar-refractivity contribution in [1.82, 2.24) is 15.1 Å². The van der Waals surface area contributed by atoms with Crippen LogP contribution >= 0.6 is 0 Å². The van der Waals surface area contributed by atoms with Crippen LogP contribution < -0.4 is 5.32 Å². The van der Waals surface area contributed by atoms with Crippen LogP contribution in [-0.4, -0.2) is 61.7 Å². The molecule has 1 heterocycles. The molecule has 1 N–H and O–H groups in total. The van der Waals surface area contributed by atoms with Gasteiger partial charge in [-0.3, -0.25) is 4.90 Å². The summed E-state index contributed by atoms with van der Waals surface area (Å²) in [6.45, 7) is 13.3. The fraction of sp³-hybridized carbons (Fsp3) is 1.00. The van der Waals surface area contributed by atoms with Gasteiger partial charge in [0.25, 0.3) is 0 Å². The molecule has 0 amide bonds. The predicted octanol–water partition coefficient (Wildman–Crippen LogP) is 2.04. The van der Waals surface area contributed by atoms with Gasteiger partial charge in [0, 0.05) is 44.8 Å². The van der Waals surface area contributed by atoms with Crippen molar-refractivity contribution in [3.63, 3.8) is 0 Å². The maximum Gasteiger partial charge on any atom is 0.0193 e. The van der Waals surface area contributed by atoms with Crippen LogP contribution in [0.3, 0.4) is 0 Å². The predicted molar refractivity (Wildman–Crippen MR) is 82.5 cm³/mol. The average Bonchev–Trinajstić information content (AvgIpc) is 2.40. The number of hydrogen-bond acceptors (Lipinski definition) is 3. The van der Waals surface area contributed by atoms with Crippen molar-refractivity contribution < 1.29 is 0 Å². The fourth-order valence-corrected chi connectivity index (χ4v) is 3.46. The van der Waals surface area contributed by atoms with E-state index in [0.717, 1.165) is 24.4 Å². The van der Waals surface area contributed by atoms with Gasteiger partial charge in [0.15, 0.2) is 0 Å². The molecule has 1 saturated carbocycles. The Kier molecular flexibility index (Phi) is 5.67. The lowest BCUT2D eigenvalue weighted by atomic mass is 9.79. The summed E-state index contributed by atoms with van der Waals surface area (Å²) in [7, 11) is 2.23. The molecule has 4 unspecified atom stereocenters. The second-order valence-corrected chi connectivity index (χ2v) is 7.06. The molecule has 3 nitrogen and oxygen atoms in total. The summed E-state index contributed by atoms with van der Waals surface area (Å²) in [6.07, 6.45) is 4.15. The summed E-state index contributed by atoms with van der Waals surface area (Å²) < 4.78 is 0. The third kappa shape index (κ3) is 4.44. The third-order valence-electron chi connectivity index (χ3n) is 5.46. The summed E-state index contributed by atoms with van der Waals surface area (Å²) >= 11 is 0. The third-order valence-corrected chi connectivity index (χ3v) is 5.46. The van der Waals surface area contributed by atoms with Gasteiger partial charge in [-0.05, 0) is 45.1 Å². The zero-order chi connectivity index (χ0) is 13.8. The SMILES string of the molecule is CC1CCC(NCC(C)N2CCN(C)CC2)CC1C. The normalized spacial score (nSPS) is 36.3. The molecule has 0 aromatic rings. The molecule has 1 aliphatic carbocycles. The van der Waals surface area contributed by atoms with Gasteiger partial charge in [-0.1, -0.05) is 13.8 Å². The minimum absolute atomic E-state index is 0.684. The van der Waals surface area contributed by atoms with Gasteiger partial charge in [-0.25, -0.2) is 0 Å². The number of nitrogens with zero attached hydrogens (tertiary/aromatic N) is 2. The van der Waals surface area contributed by atoms with E-state index in [1.807, 2.05) is 0 Å². The Morgan fingerprint density at radius 2 is 1.74 bits per heavy atom. The van der Waals surface area contributed by atoms with Crippen LogP contribution in [0.2, 0.25) is 0 Å². The molecule has 112 valence electrons. The fourth-order valence-electron chi connectivity index (χ4n) is 3.46. The topological polar surface area (TPSA) is 18.5 Å². The van der Waals surface area contributed by atoms with Gasteiger partial charge in [-0.2, -0.15) is 0 Å². The molecule has 3 heteroatoms. The Hall–Kier alpha value is -0.120. The van der Waals surface area contributed by atoms with Crippen molar-refractivity contribution >= 4 is 0 Å². The first-order valence-electron chi connectivity index (χ1n) is 8.22. The summed E-state index contributed by atoms with van der Waals surface area (Å²) in [6, 6.07) is 1.45. The van der Waals surface area contributed by atoms with Crippen molar-refractivity contribution in [1.29, 1.82) is 0 Å². The molecule has 19 heavy (non-hydrogen) atoms. The van der Waals surface area contributed by atoms with E-state index in [1.165, 1.54) is 45.4 Å². The average molecular weight is 267 g/mol. The molecule has 0 bridgehead atoms. The zero-order valence-corrected chi connectivity index (χ0v) is 13.4. The molecule has 2 rings (SSSR count). The minimum atomic E-state index is 0.684. The van der Waals surface area contributed by atoms with E-state index >= 15 is 0 Å². The first kappa shape index (κ1) is 15.3. The van der Waals surface area contributed by atoms with Gasteiger partial charge in [-0.15, -0.1) is 0 Å². The molecule has 0 radical (unpaired) electrons. The first-order chi connectivity index (χ1) is 9.06. The number of rotatable bonds is 4. The van der Waals surface area contributed by atoms with E-state index < -0.39 is 0 Å². The van der Waals surface area contributed by atoms with Crippen molar-refractivity contribution in [3.05, 3.63) is 0 Å². The van der Waals surface area contributed by atoms with Crippen LogP contribution in [-0.2, 0) is 0 Å². The maximum atomic E-state index is 3.83. The summed E-state index contributed by atoms with van der Waals surface area (Å²) in [5.41, 5.74) is 0. The highest BCUT2D eigenvalue weighted by Crippen LogP contribution is 2.29. The van der Waals surface area contributed by atoms with E-state index in [1.54, 1.807) is 0 Å². The molecular weight excluding hydrogens is 234 g/mol. The Morgan fingerprint density at radius 3 is 2.37 bits per heavy atom. The molecule has 4 atom stereocenters. The Balaban J connectivity index is 1.67. The highest BCUT2D eigenvalue weighted by molar-refractivity contribution is 4.82. The van der Waals surface area contributed by atoms with Crippen LogP contribution in [0.5, 0.6) is 0 Å². The van der Waals surface area contributed by atoms with Crippen LogP contribution in [0.25, 0.3) is 0 Å². The van der Waals surface area contributed by atoms with Crippen molar-refractivity contribution in [2.24, 2.45) is 11.8 Å². The Labute approximate surface area is 119 Å². The van der Waals surface area contributed by atoms with Crippen LogP contribution in [0, 0.1) is 11.8 Å². The highest BCUT2D eigenvalue weighted by Gasteiger charge is 2.25. The number of hydrogen-bond donors (Lipinski definition) is 1. The standard InChI is InChI=1S/C16H33N3/c1-13-5-6-16(11-14(13)2)17-12-15(3)19-9-7-18(4)8-10-19/h13-17H,5-12H2,1-4H3.